The SMILES string of the molecule is O=C(N[C@@H]1CS/C(=C/c2ccccc2)[C@@H]1O)c1ccccc1. The van der Waals surface area contributed by atoms with Crippen LogP contribution in [0.5, 0.6) is 0 Å². The lowest BCUT2D eigenvalue weighted by Gasteiger charge is -2.16. The first-order chi connectivity index (χ1) is 10.7. The smallest absolute Gasteiger partial charge is 0.251 e. The fourth-order valence-corrected chi connectivity index (χ4v) is 3.56. The van der Waals surface area contributed by atoms with Crippen LogP contribution < -0.4 is 5.32 Å². The van der Waals surface area contributed by atoms with E-state index in [1.54, 1.807) is 23.9 Å². The van der Waals surface area contributed by atoms with Crippen molar-refractivity contribution in [2.45, 2.75) is 12.1 Å². The number of nitrogens with one attached hydrogen (secondary N) is 1. The van der Waals surface area contributed by atoms with Gasteiger partial charge >= 0.3 is 0 Å². The summed E-state index contributed by atoms with van der Waals surface area (Å²) in [6, 6.07) is 18.7. The molecule has 0 aromatic heterocycles. The van der Waals surface area contributed by atoms with E-state index in [1.165, 1.54) is 0 Å². The maximum absolute atomic E-state index is 12.2. The Morgan fingerprint density at radius 3 is 2.41 bits per heavy atom. The van der Waals surface area contributed by atoms with Crippen LogP contribution in [0.2, 0.25) is 0 Å². The van der Waals surface area contributed by atoms with Crippen molar-refractivity contribution in [3.05, 3.63) is 76.7 Å². The number of thioether (sulfide) groups is 1. The molecule has 2 atom stereocenters. The Kier molecular flexibility index (Phi) is 4.61. The van der Waals surface area contributed by atoms with Gasteiger partial charge in [0.2, 0.25) is 0 Å². The summed E-state index contributed by atoms with van der Waals surface area (Å²) in [5.74, 6) is 0.532. The zero-order valence-electron chi connectivity index (χ0n) is 12.0. The molecule has 2 aromatic carbocycles. The van der Waals surface area contributed by atoms with Crippen LogP contribution in [-0.4, -0.2) is 28.9 Å². The molecule has 0 unspecified atom stereocenters. The van der Waals surface area contributed by atoms with Crippen molar-refractivity contribution in [1.82, 2.24) is 5.32 Å². The van der Waals surface area contributed by atoms with Crippen LogP contribution in [0, 0.1) is 0 Å². The zero-order valence-corrected chi connectivity index (χ0v) is 12.8. The van der Waals surface area contributed by atoms with Gasteiger partial charge in [0.15, 0.2) is 0 Å². The van der Waals surface area contributed by atoms with Crippen molar-refractivity contribution in [2.24, 2.45) is 0 Å². The number of aliphatic hydroxyl groups is 1. The summed E-state index contributed by atoms with van der Waals surface area (Å²) in [5.41, 5.74) is 1.67. The summed E-state index contributed by atoms with van der Waals surface area (Å²) >= 11 is 1.59. The fourth-order valence-electron chi connectivity index (χ4n) is 2.36. The Morgan fingerprint density at radius 2 is 1.73 bits per heavy atom. The average Bonchev–Trinajstić information content (AvgIpc) is 2.90. The topological polar surface area (TPSA) is 49.3 Å². The van der Waals surface area contributed by atoms with Gasteiger partial charge in [-0.1, -0.05) is 48.5 Å². The van der Waals surface area contributed by atoms with E-state index in [4.69, 9.17) is 0 Å². The first kappa shape index (κ1) is 14.9. The number of carbonyl (C=O) groups excluding carboxylic acids is 1. The standard InChI is InChI=1S/C18H17NO2S/c20-17-15(19-18(21)14-9-5-2-6-10-14)12-22-16(17)11-13-7-3-1-4-8-13/h1-11,15,17,20H,12H2,(H,19,21)/b16-11+/t15-,17-/m1/s1. The second-order valence-electron chi connectivity index (χ2n) is 5.16. The van der Waals surface area contributed by atoms with E-state index in [-0.39, 0.29) is 11.9 Å². The van der Waals surface area contributed by atoms with E-state index in [9.17, 15) is 9.90 Å². The minimum Gasteiger partial charge on any atom is -0.386 e. The van der Waals surface area contributed by atoms with E-state index in [2.05, 4.69) is 5.32 Å². The molecular formula is C18H17NO2S. The molecule has 2 aromatic rings. The van der Waals surface area contributed by atoms with Crippen molar-refractivity contribution < 1.29 is 9.90 Å². The molecule has 1 aliphatic rings. The van der Waals surface area contributed by atoms with E-state index >= 15 is 0 Å². The Morgan fingerprint density at radius 1 is 1.09 bits per heavy atom. The lowest BCUT2D eigenvalue weighted by molar-refractivity contribution is 0.0900. The molecule has 0 spiro atoms. The first-order valence-corrected chi connectivity index (χ1v) is 8.16. The third-order valence-electron chi connectivity index (χ3n) is 3.56. The predicted octanol–water partition coefficient (Wildman–Crippen LogP) is 2.93. The van der Waals surface area contributed by atoms with Crippen molar-refractivity contribution in [2.75, 3.05) is 5.75 Å². The van der Waals surface area contributed by atoms with E-state index in [1.807, 2.05) is 54.6 Å². The number of carbonyl (C=O) groups is 1. The van der Waals surface area contributed by atoms with Gasteiger partial charge in [0, 0.05) is 16.2 Å². The molecule has 22 heavy (non-hydrogen) atoms. The van der Waals surface area contributed by atoms with Crippen molar-refractivity contribution in [1.29, 1.82) is 0 Å². The van der Waals surface area contributed by atoms with Gasteiger partial charge in [-0.05, 0) is 23.8 Å². The Hall–Kier alpha value is -2.04. The Bertz CT molecular complexity index is 670. The highest BCUT2D eigenvalue weighted by molar-refractivity contribution is 8.03. The monoisotopic (exact) mass is 311 g/mol. The third kappa shape index (κ3) is 3.40. The van der Waals surface area contributed by atoms with Gasteiger partial charge in [-0.25, -0.2) is 0 Å². The van der Waals surface area contributed by atoms with E-state index < -0.39 is 6.10 Å². The minimum atomic E-state index is -0.655. The van der Waals surface area contributed by atoms with Crippen LogP contribution >= 0.6 is 11.8 Å². The molecule has 1 amide bonds. The first-order valence-electron chi connectivity index (χ1n) is 7.17. The lowest BCUT2D eigenvalue weighted by Crippen LogP contribution is -2.42. The lowest BCUT2D eigenvalue weighted by atomic mass is 10.1. The molecule has 0 aliphatic carbocycles. The van der Waals surface area contributed by atoms with E-state index in [0.29, 0.717) is 11.3 Å². The van der Waals surface area contributed by atoms with Gasteiger partial charge in [-0.2, -0.15) is 0 Å². The highest BCUT2D eigenvalue weighted by Crippen LogP contribution is 2.33. The van der Waals surface area contributed by atoms with Crippen LogP contribution in [0.15, 0.2) is 65.6 Å². The summed E-state index contributed by atoms with van der Waals surface area (Å²) in [7, 11) is 0. The van der Waals surface area contributed by atoms with Gasteiger partial charge in [-0.3, -0.25) is 4.79 Å². The highest BCUT2D eigenvalue weighted by Gasteiger charge is 2.31. The molecule has 1 heterocycles. The molecule has 3 nitrogen and oxygen atoms in total. The predicted molar refractivity (Wildman–Crippen MR) is 90.6 cm³/mol. The molecule has 1 saturated heterocycles. The van der Waals surface area contributed by atoms with Crippen LogP contribution in [-0.2, 0) is 0 Å². The van der Waals surface area contributed by atoms with Gasteiger partial charge in [-0.15, -0.1) is 11.8 Å². The van der Waals surface area contributed by atoms with Crippen molar-refractivity contribution in [3.63, 3.8) is 0 Å². The van der Waals surface area contributed by atoms with Crippen LogP contribution in [0.4, 0.5) is 0 Å². The molecule has 0 radical (unpaired) electrons. The van der Waals surface area contributed by atoms with Gasteiger partial charge in [0.05, 0.1) is 6.04 Å². The van der Waals surface area contributed by atoms with Crippen LogP contribution in [0.3, 0.4) is 0 Å². The number of hydrogen-bond donors (Lipinski definition) is 2. The van der Waals surface area contributed by atoms with Gasteiger partial charge in [0.25, 0.3) is 5.91 Å². The zero-order chi connectivity index (χ0) is 15.4. The molecule has 4 heteroatoms. The number of benzene rings is 2. The van der Waals surface area contributed by atoms with Crippen molar-refractivity contribution in [3.8, 4) is 0 Å². The fraction of sp³-hybridized carbons (Fsp3) is 0.167. The summed E-state index contributed by atoms with van der Waals surface area (Å²) in [4.78, 5) is 13.1. The third-order valence-corrected chi connectivity index (χ3v) is 4.78. The van der Waals surface area contributed by atoms with Gasteiger partial charge in [0.1, 0.15) is 6.10 Å². The maximum Gasteiger partial charge on any atom is 0.251 e. The number of aliphatic hydroxyl groups excluding tert-OH is 1. The largest absolute Gasteiger partial charge is 0.386 e. The molecule has 112 valence electrons. The second-order valence-corrected chi connectivity index (χ2v) is 6.25. The number of rotatable bonds is 3. The second kappa shape index (κ2) is 6.81. The van der Waals surface area contributed by atoms with Crippen LogP contribution in [0.25, 0.3) is 6.08 Å². The number of hydrogen-bond acceptors (Lipinski definition) is 3. The van der Waals surface area contributed by atoms with E-state index in [0.717, 1.165) is 10.5 Å². The van der Waals surface area contributed by atoms with Crippen molar-refractivity contribution >= 4 is 23.7 Å². The molecular weight excluding hydrogens is 294 g/mol. The Labute approximate surface area is 134 Å². The number of amides is 1. The van der Waals surface area contributed by atoms with Gasteiger partial charge < -0.3 is 10.4 Å². The highest BCUT2D eigenvalue weighted by atomic mass is 32.2. The molecule has 2 N–H and O–H groups in total. The quantitative estimate of drug-likeness (QED) is 0.916. The Balaban J connectivity index is 1.68. The average molecular weight is 311 g/mol. The summed E-state index contributed by atoms with van der Waals surface area (Å²) in [5, 5.41) is 13.3. The molecule has 1 aliphatic heterocycles. The summed E-state index contributed by atoms with van der Waals surface area (Å²) in [6.07, 6.45) is 1.32. The maximum atomic E-state index is 12.2. The molecule has 3 rings (SSSR count). The molecule has 1 fully saturated rings. The molecule has 0 bridgehead atoms. The minimum absolute atomic E-state index is 0.147. The molecule has 0 saturated carbocycles. The van der Waals surface area contributed by atoms with Crippen LogP contribution in [0.1, 0.15) is 15.9 Å². The summed E-state index contributed by atoms with van der Waals surface area (Å²) in [6.45, 7) is 0. The normalized spacial score (nSPS) is 22.7. The summed E-state index contributed by atoms with van der Waals surface area (Å²) < 4.78 is 0.